The number of rotatable bonds is 5. The maximum Gasteiger partial charge on any atom is 0.316 e. The Bertz CT molecular complexity index is 315. The van der Waals surface area contributed by atoms with Gasteiger partial charge in [-0.2, -0.15) is 0 Å². The highest BCUT2D eigenvalue weighted by molar-refractivity contribution is 7.80. The molecular formula is C10H20N4O2S. The normalized spacial score (nSPS) is 10.6. The zero-order valence-electron chi connectivity index (χ0n) is 10.7. The average molecular weight is 260 g/mol. The number of hydrogen-bond acceptors (Lipinski definition) is 3. The summed E-state index contributed by atoms with van der Waals surface area (Å²) in [6.45, 7) is 4.01. The van der Waals surface area contributed by atoms with Gasteiger partial charge >= 0.3 is 6.03 Å². The molecule has 0 aromatic rings. The third-order valence-electron chi connectivity index (χ3n) is 2.28. The van der Waals surface area contributed by atoms with E-state index < -0.39 is 5.41 Å². The summed E-state index contributed by atoms with van der Waals surface area (Å²) in [5, 5.41) is 5.29. The van der Waals surface area contributed by atoms with E-state index in [1.807, 2.05) is 0 Å². The third kappa shape index (κ3) is 4.99. The van der Waals surface area contributed by atoms with Crippen LogP contribution in [0.1, 0.15) is 13.8 Å². The Hall–Kier alpha value is -1.37. The molecule has 0 saturated carbocycles. The fourth-order valence-corrected chi connectivity index (χ4v) is 0.929. The minimum atomic E-state index is -0.874. The number of urea groups is 1. The number of carbonyl (C=O) groups is 2. The van der Waals surface area contributed by atoms with Crippen molar-refractivity contribution >= 4 is 29.1 Å². The average Bonchev–Trinajstić information content (AvgIpc) is 2.22. The smallest absolute Gasteiger partial charge is 0.316 e. The van der Waals surface area contributed by atoms with Gasteiger partial charge in [0.05, 0.1) is 10.4 Å². The van der Waals surface area contributed by atoms with E-state index in [4.69, 9.17) is 18.0 Å². The summed E-state index contributed by atoms with van der Waals surface area (Å²) in [7, 11) is 3.29. The van der Waals surface area contributed by atoms with Gasteiger partial charge in [0.2, 0.25) is 5.91 Å². The molecule has 4 N–H and O–H groups in total. The molecule has 0 bridgehead atoms. The van der Waals surface area contributed by atoms with Crippen LogP contribution in [-0.2, 0) is 4.79 Å². The zero-order chi connectivity index (χ0) is 13.6. The van der Waals surface area contributed by atoms with E-state index in [1.165, 1.54) is 4.90 Å². The highest BCUT2D eigenvalue weighted by atomic mass is 32.1. The standard InChI is InChI=1S/C10H20N4O2S/c1-10(2,7(11)17)8(15)12-5-6-13-9(16)14(3)4/h5-6H2,1-4H3,(H2,11,17)(H,12,15)(H,13,16). The van der Waals surface area contributed by atoms with Crippen molar-refractivity contribution in [2.24, 2.45) is 11.1 Å². The second kappa shape index (κ2) is 6.39. The molecule has 98 valence electrons. The Labute approximate surface area is 107 Å². The van der Waals surface area contributed by atoms with Gasteiger partial charge in [-0.15, -0.1) is 0 Å². The first kappa shape index (κ1) is 15.6. The van der Waals surface area contributed by atoms with Crippen LogP contribution in [0.3, 0.4) is 0 Å². The van der Waals surface area contributed by atoms with Crippen molar-refractivity contribution in [1.29, 1.82) is 0 Å². The van der Waals surface area contributed by atoms with Crippen LogP contribution in [-0.4, -0.2) is 49.0 Å². The highest BCUT2D eigenvalue weighted by Crippen LogP contribution is 2.14. The molecule has 6 nitrogen and oxygen atoms in total. The van der Waals surface area contributed by atoms with Crippen LogP contribution in [0, 0.1) is 5.41 Å². The predicted molar refractivity (Wildman–Crippen MR) is 70.7 cm³/mol. The summed E-state index contributed by atoms with van der Waals surface area (Å²) in [4.78, 5) is 24.4. The van der Waals surface area contributed by atoms with Gasteiger partial charge in [0, 0.05) is 27.2 Å². The SMILES string of the molecule is CN(C)C(=O)NCCNC(=O)C(C)(C)C(N)=S. The molecule has 0 spiro atoms. The summed E-state index contributed by atoms with van der Waals surface area (Å²) in [5.74, 6) is -0.246. The Kier molecular flexibility index (Phi) is 5.87. The van der Waals surface area contributed by atoms with Crippen LogP contribution in [0.25, 0.3) is 0 Å². The monoisotopic (exact) mass is 260 g/mol. The lowest BCUT2D eigenvalue weighted by molar-refractivity contribution is -0.126. The van der Waals surface area contributed by atoms with Gasteiger partial charge in [0.15, 0.2) is 0 Å². The second-order valence-electron chi connectivity index (χ2n) is 4.37. The molecule has 0 heterocycles. The maximum absolute atomic E-state index is 11.7. The van der Waals surface area contributed by atoms with Crippen molar-refractivity contribution in [3.8, 4) is 0 Å². The van der Waals surface area contributed by atoms with Crippen LogP contribution < -0.4 is 16.4 Å². The van der Waals surface area contributed by atoms with Gasteiger partial charge in [0.1, 0.15) is 0 Å². The predicted octanol–water partition coefficient (Wildman–Crippen LogP) is -0.314. The fraction of sp³-hybridized carbons (Fsp3) is 0.700. The molecule has 3 amide bonds. The van der Waals surface area contributed by atoms with E-state index in [2.05, 4.69) is 10.6 Å². The summed E-state index contributed by atoms with van der Waals surface area (Å²) in [5.41, 5.74) is 4.58. The lowest BCUT2D eigenvalue weighted by atomic mass is 9.92. The van der Waals surface area contributed by atoms with E-state index in [-0.39, 0.29) is 16.9 Å². The lowest BCUT2D eigenvalue weighted by Gasteiger charge is -2.22. The first-order chi connectivity index (χ1) is 7.69. The number of hydrogen-bond donors (Lipinski definition) is 3. The van der Waals surface area contributed by atoms with Gasteiger partial charge in [-0.05, 0) is 13.8 Å². The number of carbonyl (C=O) groups excluding carboxylic acids is 2. The number of thiocarbonyl (C=S) groups is 1. The van der Waals surface area contributed by atoms with E-state index >= 15 is 0 Å². The van der Waals surface area contributed by atoms with E-state index in [0.717, 1.165) is 0 Å². The molecule has 0 unspecified atom stereocenters. The van der Waals surface area contributed by atoms with Gasteiger partial charge in [-0.1, -0.05) is 12.2 Å². The molecule has 0 radical (unpaired) electrons. The lowest BCUT2D eigenvalue weighted by Crippen LogP contribution is -2.47. The summed E-state index contributed by atoms with van der Waals surface area (Å²) >= 11 is 4.80. The Morgan fingerprint density at radius 2 is 1.71 bits per heavy atom. The van der Waals surface area contributed by atoms with Crippen LogP contribution >= 0.6 is 12.2 Å². The molecule has 7 heteroatoms. The van der Waals surface area contributed by atoms with Crippen LogP contribution in [0.15, 0.2) is 0 Å². The highest BCUT2D eigenvalue weighted by Gasteiger charge is 2.30. The van der Waals surface area contributed by atoms with Crippen molar-refractivity contribution in [2.45, 2.75) is 13.8 Å². The second-order valence-corrected chi connectivity index (χ2v) is 4.81. The molecule has 0 rings (SSSR count). The van der Waals surface area contributed by atoms with Crippen molar-refractivity contribution in [1.82, 2.24) is 15.5 Å². The number of amides is 3. The molecule has 17 heavy (non-hydrogen) atoms. The molecule has 0 atom stereocenters. The van der Waals surface area contributed by atoms with Gasteiger partial charge in [0.25, 0.3) is 0 Å². The van der Waals surface area contributed by atoms with Crippen molar-refractivity contribution < 1.29 is 9.59 Å². The topological polar surface area (TPSA) is 87.5 Å². The zero-order valence-corrected chi connectivity index (χ0v) is 11.5. The van der Waals surface area contributed by atoms with Crippen molar-refractivity contribution in [2.75, 3.05) is 27.2 Å². The summed E-state index contributed by atoms with van der Waals surface area (Å²) < 4.78 is 0. The summed E-state index contributed by atoms with van der Waals surface area (Å²) in [6.07, 6.45) is 0. The third-order valence-corrected chi connectivity index (χ3v) is 2.79. The largest absolute Gasteiger partial charge is 0.392 e. The van der Waals surface area contributed by atoms with Crippen LogP contribution in [0.4, 0.5) is 4.79 Å². The molecule has 0 saturated heterocycles. The fourth-order valence-electron chi connectivity index (χ4n) is 0.836. The quantitative estimate of drug-likeness (QED) is 0.467. The Balaban J connectivity index is 3.95. The maximum atomic E-state index is 11.7. The van der Waals surface area contributed by atoms with E-state index in [0.29, 0.717) is 13.1 Å². The first-order valence-electron chi connectivity index (χ1n) is 5.23. The van der Waals surface area contributed by atoms with E-state index in [9.17, 15) is 9.59 Å². The minimum Gasteiger partial charge on any atom is -0.392 e. The van der Waals surface area contributed by atoms with Crippen LogP contribution in [0.5, 0.6) is 0 Å². The van der Waals surface area contributed by atoms with Gasteiger partial charge < -0.3 is 21.3 Å². The van der Waals surface area contributed by atoms with Crippen LogP contribution in [0.2, 0.25) is 0 Å². The molecule has 0 aromatic heterocycles. The van der Waals surface area contributed by atoms with Crippen molar-refractivity contribution in [3.05, 3.63) is 0 Å². The molecular weight excluding hydrogens is 240 g/mol. The molecule has 0 aromatic carbocycles. The van der Waals surface area contributed by atoms with Gasteiger partial charge in [-0.3, -0.25) is 4.79 Å². The molecule has 0 aliphatic rings. The van der Waals surface area contributed by atoms with E-state index in [1.54, 1.807) is 27.9 Å². The first-order valence-corrected chi connectivity index (χ1v) is 5.63. The van der Waals surface area contributed by atoms with Gasteiger partial charge in [-0.25, -0.2) is 4.79 Å². The molecule has 0 aliphatic heterocycles. The number of nitrogens with zero attached hydrogens (tertiary/aromatic N) is 1. The Morgan fingerprint density at radius 3 is 2.12 bits per heavy atom. The number of nitrogens with two attached hydrogens (primary N) is 1. The summed E-state index contributed by atoms with van der Waals surface area (Å²) in [6, 6.07) is -0.201. The molecule has 0 fully saturated rings. The van der Waals surface area contributed by atoms with Crippen molar-refractivity contribution in [3.63, 3.8) is 0 Å². The molecule has 0 aliphatic carbocycles. The Morgan fingerprint density at radius 1 is 1.24 bits per heavy atom. The number of nitrogens with one attached hydrogen (secondary N) is 2. The minimum absolute atomic E-state index is 0.146.